The maximum absolute atomic E-state index is 11.2. The van der Waals surface area contributed by atoms with E-state index >= 15 is 0 Å². The molecule has 7 heteroatoms. The van der Waals surface area contributed by atoms with Crippen molar-refractivity contribution in [2.24, 2.45) is 0 Å². The Morgan fingerprint density at radius 1 is 1.57 bits per heavy atom. The fraction of sp³-hybridized carbons (Fsp3) is 0.143. The Morgan fingerprint density at radius 2 is 2.36 bits per heavy atom. The zero-order valence-corrected chi connectivity index (χ0v) is 8.72. The summed E-state index contributed by atoms with van der Waals surface area (Å²) in [6.07, 6.45) is 2.73. The highest BCUT2D eigenvalue weighted by molar-refractivity contribution is 9.10. The van der Waals surface area contributed by atoms with Crippen molar-refractivity contribution in [1.29, 1.82) is 0 Å². The summed E-state index contributed by atoms with van der Waals surface area (Å²) < 4.78 is 6.47. The van der Waals surface area contributed by atoms with Crippen molar-refractivity contribution in [3.63, 3.8) is 0 Å². The molecular weight excluding hydrogens is 252 g/mol. The van der Waals surface area contributed by atoms with Crippen molar-refractivity contribution < 1.29 is 9.53 Å². The van der Waals surface area contributed by atoms with Gasteiger partial charge < -0.3 is 4.74 Å². The minimum Gasteiger partial charge on any atom is -0.465 e. The summed E-state index contributed by atoms with van der Waals surface area (Å²) in [5, 5.41) is 3.93. The molecule has 6 nitrogen and oxygen atoms in total. The summed E-state index contributed by atoms with van der Waals surface area (Å²) in [4.78, 5) is 19.0. The lowest BCUT2D eigenvalue weighted by molar-refractivity contribution is 0.0602. The maximum Gasteiger partial charge on any atom is 0.343 e. The molecule has 2 aromatic heterocycles. The van der Waals surface area contributed by atoms with Gasteiger partial charge >= 0.3 is 5.97 Å². The topological polar surface area (TPSA) is 69.4 Å². The van der Waals surface area contributed by atoms with Gasteiger partial charge in [0.1, 0.15) is 11.9 Å². The van der Waals surface area contributed by atoms with Gasteiger partial charge in [0, 0.05) is 0 Å². The molecule has 2 heterocycles. The van der Waals surface area contributed by atoms with Crippen LogP contribution in [0.5, 0.6) is 0 Å². The third-order valence-electron chi connectivity index (χ3n) is 1.67. The number of fused-ring (bicyclic) bond motifs is 1. The first-order valence-corrected chi connectivity index (χ1v) is 4.46. The number of ether oxygens (including phenoxy) is 1. The molecule has 0 saturated carbocycles. The van der Waals surface area contributed by atoms with Crippen molar-refractivity contribution in [2.45, 2.75) is 0 Å². The Hall–Kier alpha value is -1.50. The van der Waals surface area contributed by atoms with Gasteiger partial charge in [-0.3, -0.25) is 0 Å². The predicted octanol–water partition coefficient (Wildman–Crippen LogP) is 0.673. The summed E-state index contributed by atoms with van der Waals surface area (Å²) in [6, 6.07) is 0. The molecule has 72 valence electrons. The second kappa shape index (κ2) is 3.33. The number of aromatic nitrogens is 4. The number of hydrogen-bond acceptors (Lipinski definition) is 5. The molecule has 0 aliphatic heterocycles. The third kappa shape index (κ3) is 1.25. The van der Waals surface area contributed by atoms with Gasteiger partial charge in [0.2, 0.25) is 4.73 Å². The smallest absolute Gasteiger partial charge is 0.343 e. The largest absolute Gasteiger partial charge is 0.465 e. The van der Waals surface area contributed by atoms with E-state index in [1.165, 1.54) is 24.1 Å². The van der Waals surface area contributed by atoms with Crippen molar-refractivity contribution in [2.75, 3.05) is 7.11 Å². The van der Waals surface area contributed by atoms with Crippen LogP contribution in [0, 0.1) is 0 Å². The molecule has 0 aliphatic carbocycles. The lowest BCUT2D eigenvalue weighted by Crippen LogP contribution is -2.02. The Balaban J connectivity index is 2.70. The number of rotatable bonds is 1. The maximum atomic E-state index is 11.2. The lowest BCUT2D eigenvalue weighted by Gasteiger charge is -1.96. The number of nitrogens with zero attached hydrogens (tertiary/aromatic N) is 4. The molecular formula is C7H5BrN4O2. The third-order valence-corrected chi connectivity index (χ3v) is 2.21. The number of esters is 1. The molecule has 0 saturated heterocycles. The van der Waals surface area contributed by atoms with Gasteiger partial charge in [-0.1, -0.05) is 0 Å². The number of methoxy groups -OCH3 is 1. The van der Waals surface area contributed by atoms with E-state index in [4.69, 9.17) is 0 Å². The van der Waals surface area contributed by atoms with E-state index in [0.29, 0.717) is 15.9 Å². The minimum atomic E-state index is -0.467. The Bertz CT molecular complexity index is 495. The van der Waals surface area contributed by atoms with E-state index < -0.39 is 5.97 Å². The molecule has 0 aliphatic rings. The fourth-order valence-corrected chi connectivity index (χ4v) is 1.39. The van der Waals surface area contributed by atoms with E-state index in [2.05, 4.69) is 35.7 Å². The van der Waals surface area contributed by atoms with Gasteiger partial charge in [0.05, 0.1) is 13.3 Å². The molecule has 2 rings (SSSR count). The summed E-state index contributed by atoms with van der Waals surface area (Å²) in [6.45, 7) is 0. The number of halogens is 1. The SMILES string of the molecule is COC(=O)c1cnn2c(Br)ncnc12. The van der Waals surface area contributed by atoms with Crippen LogP contribution in [-0.2, 0) is 4.74 Å². The first-order valence-electron chi connectivity index (χ1n) is 3.66. The molecule has 0 N–H and O–H groups in total. The molecule has 0 bridgehead atoms. The highest BCUT2D eigenvalue weighted by Crippen LogP contribution is 2.12. The number of hydrogen-bond donors (Lipinski definition) is 0. The second-order valence-electron chi connectivity index (χ2n) is 2.43. The Kier molecular flexibility index (Phi) is 2.16. The molecule has 0 atom stereocenters. The average Bonchev–Trinajstić information content (AvgIpc) is 2.62. The standard InChI is InChI=1S/C7H5BrN4O2/c1-14-6(13)4-2-11-12-5(4)9-3-10-7(12)8/h2-3H,1H3. The highest BCUT2D eigenvalue weighted by atomic mass is 79.9. The fourth-order valence-electron chi connectivity index (χ4n) is 1.04. The highest BCUT2D eigenvalue weighted by Gasteiger charge is 2.15. The van der Waals surface area contributed by atoms with E-state index in [1.807, 2.05) is 0 Å². The van der Waals surface area contributed by atoms with Crippen molar-refractivity contribution in [3.8, 4) is 0 Å². The van der Waals surface area contributed by atoms with Gasteiger partial charge in [0.15, 0.2) is 5.65 Å². The van der Waals surface area contributed by atoms with Crippen LogP contribution in [0.4, 0.5) is 0 Å². The van der Waals surface area contributed by atoms with Crippen LogP contribution >= 0.6 is 15.9 Å². The molecule has 0 fully saturated rings. The average molecular weight is 257 g/mol. The van der Waals surface area contributed by atoms with E-state index in [9.17, 15) is 4.79 Å². The number of carbonyl (C=O) groups excluding carboxylic acids is 1. The molecule has 0 unspecified atom stereocenters. The van der Waals surface area contributed by atoms with Gasteiger partial charge in [-0.2, -0.15) is 9.61 Å². The van der Waals surface area contributed by atoms with Crippen LogP contribution in [0.25, 0.3) is 5.65 Å². The van der Waals surface area contributed by atoms with Gasteiger partial charge in [0.25, 0.3) is 0 Å². The molecule has 0 amide bonds. The zero-order chi connectivity index (χ0) is 10.1. The van der Waals surface area contributed by atoms with Crippen molar-refractivity contribution in [1.82, 2.24) is 19.6 Å². The molecule has 0 spiro atoms. The monoisotopic (exact) mass is 256 g/mol. The van der Waals surface area contributed by atoms with Crippen molar-refractivity contribution >= 4 is 27.5 Å². The minimum absolute atomic E-state index is 0.315. The van der Waals surface area contributed by atoms with Crippen LogP contribution in [0.2, 0.25) is 0 Å². The van der Waals surface area contributed by atoms with Crippen LogP contribution in [0.15, 0.2) is 17.3 Å². The Morgan fingerprint density at radius 3 is 3.07 bits per heavy atom. The van der Waals surface area contributed by atoms with E-state index in [1.54, 1.807) is 0 Å². The normalized spacial score (nSPS) is 10.4. The molecule has 2 aromatic rings. The van der Waals surface area contributed by atoms with Gasteiger partial charge in [-0.25, -0.2) is 14.8 Å². The van der Waals surface area contributed by atoms with Crippen molar-refractivity contribution in [3.05, 3.63) is 22.8 Å². The summed E-state index contributed by atoms with van der Waals surface area (Å²) in [5.41, 5.74) is 0.731. The zero-order valence-electron chi connectivity index (χ0n) is 7.14. The lowest BCUT2D eigenvalue weighted by atomic mass is 10.3. The van der Waals surface area contributed by atoms with Gasteiger partial charge in [-0.15, -0.1) is 0 Å². The first kappa shape index (κ1) is 9.07. The summed E-state index contributed by atoms with van der Waals surface area (Å²) >= 11 is 3.18. The van der Waals surface area contributed by atoms with E-state index in [0.717, 1.165) is 0 Å². The van der Waals surface area contributed by atoms with Crippen LogP contribution in [-0.4, -0.2) is 32.7 Å². The summed E-state index contributed by atoms with van der Waals surface area (Å²) in [7, 11) is 1.31. The quantitative estimate of drug-likeness (QED) is 0.702. The molecule has 14 heavy (non-hydrogen) atoms. The van der Waals surface area contributed by atoms with Crippen LogP contribution in [0.3, 0.4) is 0 Å². The van der Waals surface area contributed by atoms with Gasteiger partial charge in [-0.05, 0) is 15.9 Å². The second-order valence-corrected chi connectivity index (χ2v) is 3.14. The van der Waals surface area contributed by atoms with Crippen LogP contribution in [0.1, 0.15) is 10.4 Å². The van der Waals surface area contributed by atoms with E-state index in [-0.39, 0.29) is 0 Å². The number of carbonyl (C=O) groups is 1. The summed E-state index contributed by atoms with van der Waals surface area (Å²) in [5.74, 6) is -0.467. The molecule has 0 radical (unpaired) electrons. The van der Waals surface area contributed by atoms with Crippen LogP contribution < -0.4 is 0 Å². The predicted molar refractivity (Wildman–Crippen MR) is 49.8 cm³/mol. The Labute approximate surface area is 87.0 Å². The molecule has 0 aromatic carbocycles. The first-order chi connectivity index (χ1) is 6.74.